The maximum Gasteiger partial charge on any atom is 0.137 e. The largest absolute Gasteiger partial charge is 0.294 e. The Morgan fingerprint density at radius 2 is 1.71 bits per heavy atom. The van der Waals surface area contributed by atoms with Crippen LogP contribution < -0.4 is 0 Å². The predicted molar refractivity (Wildman–Crippen MR) is 89.2 cm³/mol. The zero-order valence-corrected chi connectivity index (χ0v) is 13.7. The summed E-state index contributed by atoms with van der Waals surface area (Å²) < 4.78 is 2.19. The number of fused-ring (bicyclic) bond motifs is 1. The predicted octanol–water partition coefficient (Wildman–Crippen LogP) is 5.09. The number of hydrogen-bond donors (Lipinski definition) is 0. The van der Waals surface area contributed by atoms with E-state index in [0.717, 1.165) is 11.3 Å². The quantitative estimate of drug-likeness (QED) is 0.655. The maximum absolute atomic E-state index is 4.84. The molecule has 1 aromatic carbocycles. The molecule has 0 N–H and O–H groups in total. The first-order valence-electron chi connectivity index (χ1n) is 7.17. The van der Waals surface area contributed by atoms with E-state index in [1.165, 1.54) is 15.5 Å². The Morgan fingerprint density at radius 3 is 2.38 bits per heavy atom. The molecule has 0 aliphatic rings. The van der Waals surface area contributed by atoms with Crippen molar-refractivity contribution >= 4 is 17.4 Å². The zero-order valence-electron chi connectivity index (χ0n) is 12.9. The van der Waals surface area contributed by atoms with Gasteiger partial charge in [-0.15, -0.1) is 0 Å². The number of benzene rings is 1. The van der Waals surface area contributed by atoms with E-state index in [2.05, 4.69) is 74.7 Å². The minimum absolute atomic E-state index is 0.0268. The van der Waals surface area contributed by atoms with E-state index in [-0.39, 0.29) is 5.41 Å². The molecule has 21 heavy (non-hydrogen) atoms. The van der Waals surface area contributed by atoms with E-state index in [1.807, 2.05) is 6.07 Å². The van der Waals surface area contributed by atoms with Gasteiger partial charge in [0.25, 0.3) is 0 Å². The zero-order chi connectivity index (χ0) is 15.0. The van der Waals surface area contributed by atoms with Gasteiger partial charge in [-0.25, -0.2) is 4.98 Å². The Kier molecular flexibility index (Phi) is 3.54. The van der Waals surface area contributed by atoms with E-state index in [0.29, 0.717) is 0 Å². The van der Waals surface area contributed by atoms with E-state index in [4.69, 9.17) is 4.98 Å². The first-order chi connectivity index (χ1) is 9.95. The summed E-state index contributed by atoms with van der Waals surface area (Å²) in [6.45, 7) is 8.76. The van der Waals surface area contributed by atoms with Gasteiger partial charge in [-0.05, 0) is 31.2 Å². The van der Waals surface area contributed by atoms with Crippen LogP contribution in [-0.2, 0) is 5.41 Å². The standard InChI is InChI=1S/C18H20N2S/c1-13-8-10-14(11-9-13)21-17-16(18(2,3)4)19-15-7-5-6-12-20(15)17/h5-12H,1-4H3. The molecular formula is C18H20N2S. The van der Waals surface area contributed by atoms with Crippen molar-refractivity contribution in [2.75, 3.05) is 0 Å². The summed E-state index contributed by atoms with van der Waals surface area (Å²) in [5.74, 6) is 0. The molecule has 2 aromatic heterocycles. The first-order valence-corrected chi connectivity index (χ1v) is 7.99. The summed E-state index contributed by atoms with van der Waals surface area (Å²) in [4.78, 5) is 6.09. The van der Waals surface area contributed by atoms with Crippen LogP contribution in [0.2, 0.25) is 0 Å². The van der Waals surface area contributed by atoms with Gasteiger partial charge in [0.15, 0.2) is 0 Å². The fraction of sp³-hybridized carbons (Fsp3) is 0.278. The molecule has 3 rings (SSSR count). The number of aryl methyl sites for hydroxylation is 1. The van der Waals surface area contributed by atoms with Gasteiger partial charge in [0.2, 0.25) is 0 Å². The smallest absolute Gasteiger partial charge is 0.137 e. The summed E-state index contributed by atoms with van der Waals surface area (Å²) >= 11 is 1.79. The van der Waals surface area contributed by atoms with Crippen molar-refractivity contribution in [2.24, 2.45) is 0 Å². The number of imidazole rings is 1. The highest BCUT2D eigenvalue weighted by Gasteiger charge is 2.24. The second-order valence-corrected chi connectivity index (χ2v) is 7.42. The van der Waals surface area contributed by atoms with Crippen LogP contribution in [0.15, 0.2) is 58.6 Å². The number of rotatable bonds is 2. The van der Waals surface area contributed by atoms with Gasteiger partial charge in [-0.3, -0.25) is 4.40 Å². The van der Waals surface area contributed by atoms with Crippen molar-refractivity contribution in [2.45, 2.75) is 43.0 Å². The van der Waals surface area contributed by atoms with Crippen molar-refractivity contribution < 1.29 is 0 Å². The van der Waals surface area contributed by atoms with Crippen molar-refractivity contribution in [3.8, 4) is 0 Å². The van der Waals surface area contributed by atoms with Gasteiger partial charge in [-0.2, -0.15) is 0 Å². The molecular weight excluding hydrogens is 276 g/mol. The number of hydrogen-bond acceptors (Lipinski definition) is 2. The third-order valence-electron chi connectivity index (χ3n) is 3.43. The van der Waals surface area contributed by atoms with Crippen LogP contribution in [0.5, 0.6) is 0 Å². The van der Waals surface area contributed by atoms with Crippen molar-refractivity contribution in [3.05, 3.63) is 59.9 Å². The summed E-state index contributed by atoms with van der Waals surface area (Å²) in [5, 5.41) is 1.21. The van der Waals surface area contributed by atoms with E-state index >= 15 is 0 Å². The molecule has 108 valence electrons. The molecule has 0 fully saturated rings. The van der Waals surface area contributed by atoms with Crippen LogP contribution in [-0.4, -0.2) is 9.38 Å². The highest BCUT2D eigenvalue weighted by Crippen LogP contribution is 2.36. The van der Waals surface area contributed by atoms with Gasteiger partial charge in [0, 0.05) is 16.5 Å². The molecule has 0 saturated heterocycles. The molecule has 0 saturated carbocycles. The Balaban J connectivity index is 2.13. The maximum atomic E-state index is 4.84. The molecule has 0 aliphatic heterocycles. The van der Waals surface area contributed by atoms with Crippen LogP contribution in [0.3, 0.4) is 0 Å². The Bertz CT molecular complexity index is 764. The summed E-state index contributed by atoms with van der Waals surface area (Å²) in [7, 11) is 0. The minimum atomic E-state index is 0.0268. The van der Waals surface area contributed by atoms with E-state index in [9.17, 15) is 0 Å². The average Bonchev–Trinajstić information content (AvgIpc) is 2.81. The summed E-state index contributed by atoms with van der Waals surface area (Å²) in [6.07, 6.45) is 2.09. The molecule has 0 spiro atoms. The lowest BCUT2D eigenvalue weighted by Crippen LogP contribution is -2.13. The lowest BCUT2D eigenvalue weighted by atomic mass is 9.93. The molecule has 3 heteroatoms. The molecule has 0 bridgehead atoms. The normalized spacial score (nSPS) is 12.0. The minimum Gasteiger partial charge on any atom is -0.294 e. The van der Waals surface area contributed by atoms with Crippen molar-refractivity contribution in [1.29, 1.82) is 0 Å². The van der Waals surface area contributed by atoms with Gasteiger partial charge in [0.1, 0.15) is 10.7 Å². The van der Waals surface area contributed by atoms with Crippen LogP contribution in [0, 0.1) is 6.92 Å². The van der Waals surface area contributed by atoms with E-state index in [1.54, 1.807) is 11.8 Å². The van der Waals surface area contributed by atoms with Crippen LogP contribution in [0.25, 0.3) is 5.65 Å². The molecule has 0 atom stereocenters. The second kappa shape index (κ2) is 5.23. The molecule has 0 amide bonds. The third kappa shape index (κ3) is 2.84. The molecule has 3 aromatic rings. The lowest BCUT2D eigenvalue weighted by molar-refractivity contribution is 0.558. The van der Waals surface area contributed by atoms with E-state index < -0.39 is 0 Å². The average molecular weight is 296 g/mol. The molecule has 0 radical (unpaired) electrons. The second-order valence-electron chi connectivity index (χ2n) is 6.36. The SMILES string of the molecule is Cc1ccc(Sc2c(C(C)(C)C)nc3ccccn23)cc1. The van der Waals surface area contributed by atoms with Crippen LogP contribution in [0.4, 0.5) is 0 Å². The van der Waals surface area contributed by atoms with Crippen molar-refractivity contribution in [1.82, 2.24) is 9.38 Å². The Labute approximate surface area is 130 Å². The molecule has 2 heterocycles. The van der Waals surface area contributed by atoms with Gasteiger partial charge >= 0.3 is 0 Å². The monoisotopic (exact) mass is 296 g/mol. The Morgan fingerprint density at radius 1 is 1.00 bits per heavy atom. The fourth-order valence-corrected chi connectivity index (χ4v) is 3.47. The van der Waals surface area contributed by atoms with Gasteiger partial charge in [-0.1, -0.05) is 56.3 Å². The number of nitrogens with zero attached hydrogens (tertiary/aromatic N) is 2. The summed E-state index contributed by atoms with van der Waals surface area (Å²) in [6, 6.07) is 14.8. The molecule has 2 nitrogen and oxygen atoms in total. The van der Waals surface area contributed by atoms with Gasteiger partial charge in [0.05, 0.1) is 5.69 Å². The summed E-state index contributed by atoms with van der Waals surface area (Å²) in [5.41, 5.74) is 3.48. The fourth-order valence-electron chi connectivity index (χ4n) is 2.28. The van der Waals surface area contributed by atoms with Crippen molar-refractivity contribution in [3.63, 3.8) is 0 Å². The third-order valence-corrected chi connectivity index (χ3v) is 4.52. The topological polar surface area (TPSA) is 17.3 Å². The molecule has 0 aliphatic carbocycles. The van der Waals surface area contributed by atoms with Crippen LogP contribution >= 0.6 is 11.8 Å². The van der Waals surface area contributed by atoms with Crippen LogP contribution in [0.1, 0.15) is 32.0 Å². The number of aromatic nitrogens is 2. The molecule has 0 unspecified atom stereocenters. The number of pyridine rings is 1. The lowest BCUT2D eigenvalue weighted by Gasteiger charge is -2.17. The highest BCUT2D eigenvalue weighted by molar-refractivity contribution is 7.99. The first kappa shape index (κ1) is 14.2. The Hall–Kier alpha value is -1.74. The van der Waals surface area contributed by atoms with Gasteiger partial charge < -0.3 is 0 Å². The highest BCUT2D eigenvalue weighted by atomic mass is 32.2.